The lowest BCUT2D eigenvalue weighted by atomic mass is 10.3. The Kier molecular flexibility index (Phi) is 2.48. The number of nitrogens with one attached hydrogen (secondary N) is 1. The lowest BCUT2D eigenvalue weighted by Crippen LogP contribution is -2.15. The standard InChI is InChI=1S/C10H14N2/c1-4-5-9-6-7-10(8(2)11)12(9)3/h4-5,7,11H,1,6H2,2-3H3/b9-5+,11-8?. The predicted octanol–water partition coefficient (Wildman–Crippen LogP) is 2.32. The molecule has 1 rings (SSSR count). The van der Waals surface area contributed by atoms with E-state index in [4.69, 9.17) is 5.41 Å². The average Bonchev–Trinajstić information content (AvgIpc) is 2.34. The maximum absolute atomic E-state index is 7.48. The normalized spacial score (nSPS) is 19.7. The van der Waals surface area contributed by atoms with Crippen LogP contribution in [0.4, 0.5) is 0 Å². The van der Waals surface area contributed by atoms with E-state index in [2.05, 4.69) is 12.7 Å². The zero-order chi connectivity index (χ0) is 9.14. The highest BCUT2D eigenvalue weighted by Gasteiger charge is 2.16. The fraction of sp³-hybridized carbons (Fsp3) is 0.300. The first kappa shape index (κ1) is 8.78. The smallest absolute Gasteiger partial charge is 0.0577 e. The zero-order valence-corrected chi connectivity index (χ0v) is 7.59. The van der Waals surface area contributed by atoms with E-state index in [1.54, 1.807) is 13.0 Å². The van der Waals surface area contributed by atoms with Crippen LogP contribution in [0.1, 0.15) is 13.3 Å². The van der Waals surface area contributed by atoms with E-state index < -0.39 is 0 Å². The molecule has 0 aromatic heterocycles. The van der Waals surface area contributed by atoms with Gasteiger partial charge in [0, 0.05) is 19.2 Å². The van der Waals surface area contributed by atoms with Gasteiger partial charge in [-0.2, -0.15) is 0 Å². The minimum Gasteiger partial charge on any atom is -0.347 e. The van der Waals surface area contributed by atoms with Gasteiger partial charge in [0.15, 0.2) is 0 Å². The minimum absolute atomic E-state index is 0.616. The molecule has 1 heterocycles. The molecule has 0 amide bonds. The second-order valence-corrected chi connectivity index (χ2v) is 2.87. The first-order valence-corrected chi connectivity index (χ1v) is 3.98. The van der Waals surface area contributed by atoms with Gasteiger partial charge in [0.2, 0.25) is 0 Å². The van der Waals surface area contributed by atoms with E-state index in [1.807, 2.05) is 18.0 Å². The molecular weight excluding hydrogens is 148 g/mol. The summed E-state index contributed by atoms with van der Waals surface area (Å²) < 4.78 is 0. The van der Waals surface area contributed by atoms with Gasteiger partial charge in [0.05, 0.1) is 11.4 Å². The third-order valence-corrected chi connectivity index (χ3v) is 1.99. The van der Waals surface area contributed by atoms with Gasteiger partial charge in [-0.1, -0.05) is 18.7 Å². The topological polar surface area (TPSA) is 27.1 Å². The van der Waals surface area contributed by atoms with Crippen molar-refractivity contribution >= 4 is 5.71 Å². The Hall–Kier alpha value is -1.31. The molecule has 12 heavy (non-hydrogen) atoms. The Morgan fingerprint density at radius 2 is 2.42 bits per heavy atom. The number of rotatable bonds is 2. The summed E-state index contributed by atoms with van der Waals surface area (Å²) in [5, 5.41) is 7.48. The molecule has 0 spiro atoms. The highest BCUT2D eigenvalue weighted by molar-refractivity contribution is 5.95. The molecule has 2 nitrogen and oxygen atoms in total. The lowest BCUT2D eigenvalue weighted by Gasteiger charge is -2.17. The van der Waals surface area contributed by atoms with Crippen LogP contribution in [0.25, 0.3) is 0 Å². The van der Waals surface area contributed by atoms with Crippen molar-refractivity contribution in [1.82, 2.24) is 4.90 Å². The van der Waals surface area contributed by atoms with E-state index in [1.165, 1.54) is 5.70 Å². The average molecular weight is 162 g/mol. The molecule has 1 N–H and O–H groups in total. The molecule has 1 aliphatic rings. The molecule has 0 atom stereocenters. The van der Waals surface area contributed by atoms with Crippen molar-refractivity contribution in [3.63, 3.8) is 0 Å². The van der Waals surface area contributed by atoms with Gasteiger partial charge in [0.1, 0.15) is 0 Å². The molecule has 0 aliphatic carbocycles. The van der Waals surface area contributed by atoms with Crippen LogP contribution in [0.15, 0.2) is 36.2 Å². The largest absolute Gasteiger partial charge is 0.347 e. The molecule has 0 aromatic carbocycles. The van der Waals surface area contributed by atoms with Gasteiger partial charge in [-0.05, 0) is 13.0 Å². The second-order valence-electron chi connectivity index (χ2n) is 2.87. The van der Waals surface area contributed by atoms with Gasteiger partial charge in [-0.25, -0.2) is 0 Å². The van der Waals surface area contributed by atoms with Crippen molar-refractivity contribution in [3.05, 3.63) is 36.2 Å². The molecule has 1 aliphatic heterocycles. The third kappa shape index (κ3) is 1.47. The Balaban J connectivity index is 2.82. The van der Waals surface area contributed by atoms with Crippen LogP contribution in [-0.4, -0.2) is 17.7 Å². The molecular formula is C10H14N2. The number of nitrogens with zero attached hydrogens (tertiary/aromatic N) is 1. The van der Waals surface area contributed by atoms with Crippen LogP contribution < -0.4 is 0 Å². The maximum atomic E-state index is 7.48. The molecule has 0 fully saturated rings. The summed E-state index contributed by atoms with van der Waals surface area (Å²) in [6, 6.07) is 0. The summed E-state index contributed by atoms with van der Waals surface area (Å²) in [7, 11) is 1.98. The van der Waals surface area contributed by atoms with Crippen LogP contribution in [0.2, 0.25) is 0 Å². The zero-order valence-electron chi connectivity index (χ0n) is 7.59. The van der Waals surface area contributed by atoms with E-state index in [0.717, 1.165) is 12.1 Å². The second kappa shape index (κ2) is 3.39. The third-order valence-electron chi connectivity index (χ3n) is 1.99. The molecule has 0 aromatic rings. The molecule has 2 heteroatoms. The molecule has 0 radical (unpaired) electrons. The fourth-order valence-electron chi connectivity index (χ4n) is 1.35. The predicted molar refractivity (Wildman–Crippen MR) is 52.1 cm³/mol. The summed E-state index contributed by atoms with van der Waals surface area (Å²) in [4.78, 5) is 2.03. The van der Waals surface area contributed by atoms with Crippen molar-refractivity contribution in [2.75, 3.05) is 7.05 Å². The highest BCUT2D eigenvalue weighted by atomic mass is 15.1. The van der Waals surface area contributed by atoms with Gasteiger partial charge in [-0.15, -0.1) is 0 Å². The van der Waals surface area contributed by atoms with Crippen LogP contribution >= 0.6 is 0 Å². The summed E-state index contributed by atoms with van der Waals surface area (Å²) in [5.74, 6) is 0. The van der Waals surface area contributed by atoms with Crippen LogP contribution in [0, 0.1) is 5.41 Å². The van der Waals surface area contributed by atoms with Gasteiger partial charge < -0.3 is 10.3 Å². The molecule has 0 saturated heterocycles. The molecule has 0 bridgehead atoms. The number of hydrogen-bond donors (Lipinski definition) is 1. The monoisotopic (exact) mass is 162 g/mol. The fourth-order valence-corrected chi connectivity index (χ4v) is 1.35. The van der Waals surface area contributed by atoms with E-state index in [-0.39, 0.29) is 0 Å². The summed E-state index contributed by atoms with van der Waals surface area (Å²) >= 11 is 0. The quantitative estimate of drug-likeness (QED) is 0.620. The van der Waals surface area contributed by atoms with E-state index in [9.17, 15) is 0 Å². The van der Waals surface area contributed by atoms with Crippen molar-refractivity contribution < 1.29 is 0 Å². The number of allylic oxidation sites excluding steroid dienone is 4. The van der Waals surface area contributed by atoms with Crippen molar-refractivity contribution in [2.45, 2.75) is 13.3 Å². The van der Waals surface area contributed by atoms with Crippen molar-refractivity contribution in [1.29, 1.82) is 5.41 Å². The van der Waals surface area contributed by atoms with Crippen molar-refractivity contribution in [3.8, 4) is 0 Å². The Bertz CT molecular complexity index is 272. The van der Waals surface area contributed by atoms with Gasteiger partial charge in [-0.3, -0.25) is 0 Å². The Morgan fingerprint density at radius 3 is 2.83 bits per heavy atom. The first-order valence-electron chi connectivity index (χ1n) is 3.98. The summed E-state index contributed by atoms with van der Waals surface area (Å²) in [5.41, 5.74) is 2.82. The number of hydrogen-bond acceptors (Lipinski definition) is 2. The van der Waals surface area contributed by atoms with Gasteiger partial charge >= 0.3 is 0 Å². The van der Waals surface area contributed by atoms with Crippen LogP contribution in [-0.2, 0) is 0 Å². The Morgan fingerprint density at radius 1 is 1.75 bits per heavy atom. The molecule has 0 unspecified atom stereocenters. The van der Waals surface area contributed by atoms with Crippen molar-refractivity contribution in [2.24, 2.45) is 0 Å². The lowest BCUT2D eigenvalue weighted by molar-refractivity contribution is 0.562. The summed E-state index contributed by atoms with van der Waals surface area (Å²) in [6.07, 6.45) is 6.74. The van der Waals surface area contributed by atoms with Crippen LogP contribution in [0.3, 0.4) is 0 Å². The molecule has 64 valence electrons. The maximum Gasteiger partial charge on any atom is 0.0577 e. The SMILES string of the molecule is C=C/C=C1\CC=C(C(C)=N)N1C. The first-order chi connectivity index (χ1) is 5.66. The van der Waals surface area contributed by atoms with Gasteiger partial charge in [0.25, 0.3) is 0 Å². The minimum atomic E-state index is 0.616. The molecule has 0 saturated carbocycles. The van der Waals surface area contributed by atoms with E-state index in [0.29, 0.717) is 5.71 Å². The van der Waals surface area contributed by atoms with E-state index >= 15 is 0 Å². The summed E-state index contributed by atoms with van der Waals surface area (Å²) in [6.45, 7) is 5.45. The highest BCUT2D eigenvalue weighted by Crippen LogP contribution is 2.23. The van der Waals surface area contributed by atoms with Crippen LogP contribution in [0.5, 0.6) is 0 Å². The Labute approximate surface area is 73.4 Å².